The number of ether oxygens (including phenoxy) is 3. The maximum atomic E-state index is 13.9. The van der Waals surface area contributed by atoms with E-state index in [4.69, 9.17) is 20.6 Å². The summed E-state index contributed by atoms with van der Waals surface area (Å²) in [5, 5.41) is 0. The molecule has 38 heavy (non-hydrogen) atoms. The molecule has 2 aliphatic rings. The fourth-order valence-electron chi connectivity index (χ4n) is 5.42. The summed E-state index contributed by atoms with van der Waals surface area (Å²) in [6.07, 6.45) is 6.04. The first-order valence-electron chi connectivity index (χ1n) is 12.2. The number of carbonyl (C=O) groups is 5. The predicted octanol–water partition coefficient (Wildman–Crippen LogP) is 4.15. The van der Waals surface area contributed by atoms with E-state index in [0.29, 0.717) is 11.1 Å². The molecule has 2 atom stereocenters. The smallest absolute Gasteiger partial charge is 0.308 e. The minimum atomic E-state index is -2.28. The molecule has 2 aromatic carbocycles. The van der Waals surface area contributed by atoms with Crippen molar-refractivity contribution in [3.63, 3.8) is 0 Å². The number of fused-ring (bicyclic) bond motifs is 3. The number of hydrogen-bond acceptors (Lipinski definition) is 8. The van der Waals surface area contributed by atoms with Crippen LogP contribution >= 0.6 is 0 Å². The maximum Gasteiger partial charge on any atom is 0.308 e. The van der Waals surface area contributed by atoms with Gasteiger partial charge in [0.1, 0.15) is 11.5 Å². The first-order chi connectivity index (χ1) is 17.7. The number of carbonyl (C=O) groups excluding carboxylic acids is 5. The van der Waals surface area contributed by atoms with E-state index in [9.17, 15) is 24.0 Å². The largest absolute Gasteiger partial charge is 0.446 e. The van der Waals surface area contributed by atoms with Crippen LogP contribution in [0.1, 0.15) is 75.7 Å². The first kappa shape index (κ1) is 27.0. The average Bonchev–Trinajstić information content (AvgIpc) is 2.81. The Labute approximate surface area is 221 Å². The summed E-state index contributed by atoms with van der Waals surface area (Å²) in [5.74, 6) is -0.606. The third-order valence-electron chi connectivity index (χ3n) is 6.90. The molecule has 9 heteroatoms. The second-order valence-electron chi connectivity index (χ2n) is 10.7. The molecule has 0 fully saturated rings. The number of rotatable bonds is 4. The fourth-order valence-corrected chi connectivity index (χ4v) is 7.54. The summed E-state index contributed by atoms with van der Waals surface area (Å²) in [6.45, 7) is 9.83. The highest BCUT2D eigenvalue weighted by Gasteiger charge is 2.51. The SMILES string of the molecule is C#CC1(OC(C)=O)Cc2c(OC(C)=O)c3c(c(OC(C)=O)c2C([Si](C)(C)C)C1)C(=O)c1ccccc1C3=O. The number of ketones is 2. The molecular weight excluding hydrogens is 504 g/mol. The lowest BCUT2D eigenvalue weighted by Crippen LogP contribution is -2.47. The van der Waals surface area contributed by atoms with E-state index >= 15 is 0 Å². The Morgan fingerprint density at radius 2 is 1.39 bits per heavy atom. The highest BCUT2D eigenvalue weighted by molar-refractivity contribution is 6.77. The Morgan fingerprint density at radius 1 is 0.895 bits per heavy atom. The Balaban J connectivity index is 2.21. The number of benzene rings is 2. The predicted molar refractivity (Wildman–Crippen MR) is 140 cm³/mol. The standard InChI is InChI=1S/C29H28O8Si/c1-8-29(37-17(4)32)13-20-22(21(14-29)38(5,6)7)28(36-16(3)31)24-23(27(20)35-15(2)30)25(33)18-11-9-10-12-19(18)26(24)34/h1,9-12,21H,13-14H2,2-7H3. The van der Waals surface area contributed by atoms with Crippen LogP contribution in [-0.2, 0) is 25.5 Å². The number of terminal acetylenes is 1. The van der Waals surface area contributed by atoms with E-state index in [2.05, 4.69) is 25.6 Å². The van der Waals surface area contributed by atoms with Crippen LogP contribution in [0, 0.1) is 12.3 Å². The van der Waals surface area contributed by atoms with Gasteiger partial charge >= 0.3 is 17.9 Å². The topological polar surface area (TPSA) is 113 Å². The Bertz CT molecular complexity index is 1470. The molecule has 0 N–H and O–H groups in total. The van der Waals surface area contributed by atoms with Crippen molar-refractivity contribution in [3.05, 3.63) is 57.6 Å². The Morgan fingerprint density at radius 3 is 1.84 bits per heavy atom. The zero-order valence-electron chi connectivity index (χ0n) is 22.1. The molecule has 2 aliphatic carbocycles. The van der Waals surface area contributed by atoms with Gasteiger partial charge < -0.3 is 14.2 Å². The summed E-state index contributed by atoms with van der Waals surface area (Å²) in [6, 6.07) is 6.30. The molecule has 4 rings (SSSR count). The molecule has 0 aromatic heterocycles. The highest BCUT2D eigenvalue weighted by atomic mass is 28.3. The highest BCUT2D eigenvalue weighted by Crippen LogP contribution is 2.54. The van der Waals surface area contributed by atoms with Crippen molar-refractivity contribution in [1.82, 2.24) is 0 Å². The van der Waals surface area contributed by atoms with Crippen LogP contribution in [-0.4, -0.2) is 43.1 Å². The summed E-state index contributed by atoms with van der Waals surface area (Å²) >= 11 is 0. The molecule has 0 aliphatic heterocycles. The maximum absolute atomic E-state index is 13.9. The molecule has 0 saturated heterocycles. The van der Waals surface area contributed by atoms with Crippen molar-refractivity contribution in [2.75, 3.05) is 0 Å². The third-order valence-corrected chi connectivity index (χ3v) is 9.49. The first-order valence-corrected chi connectivity index (χ1v) is 15.7. The summed E-state index contributed by atoms with van der Waals surface area (Å²) in [4.78, 5) is 64.6. The van der Waals surface area contributed by atoms with E-state index in [0.717, 1.165) is 0 Å². The molecule has 0 heterocycles. The van der Waals surface area contributed by atoms with Gasteiger partial charge in [0, 0.05) is 55.9 Å². The lowest BCUT2D eigenvalue weighted by Gasteiger charge is -2.44. The van der Waals surface area contributed by atoms with Crippen molar-refractivity contribution in [2.24, 2.45) is 0 Å². The molecule has 0 saturated carbocycles. The molecule has 0 spiro atoms. The number of hydrogen-bond donors (Lipinski definition) is 0. The second kappa shape index (κ2) is 9.37. The van der Waals surface area contributed by atoms with Crippen LogP contribution in [0.4, 0.5) is 0 Å². The molecule has 0 amide bonds. The van der Waals surface area contributed by atoms with Crippen LogP contribution in [0.3, 0.4) is 0 Å². The van der Waals surface area contributed by atoms with Gasteiger partial charge in [0.25, 0.3) is 0 Å². The quantitative estimate of drug-likeness (QED) is 0.213. The zero-order valence-corrected chi connectivity index (χ0v) is 23.1. The molecule has 196 valence electrons. The molecule has 2 aromatic rings. The van der Waals surface area contributed by atoms with Gasteiger partial charge in [0.05, 0.1) is 19.2 Å². The van der Waals surface area contributed by atoms with Crippen LogP contribution in [0.5, 0.6) is 11.5 Å². The van der Waals surface area contributed by atoms with E-state index in [-0.39, 0.29) is 46.6 Å². The van der Waals surface area contributed by atoms with E-state index in [1.807, 2.05) is 0 Å². The number of esters is 3. The molecular formula is C29H28O8Si. The second-order valence-corrected chi connectivity index (χ2v) is 16.2. The van der Waals surface area contributed by atoms with Crippen molar-refractivity contribution in [3.8, 4) is 23.8 Å². The normalized spacial score (nSPS) is 19.9. The lowest BCUT2D eigenvalue weighted by atomic mass is 9.74. The lowest BCUT2D eigenvalue weighted by molar-refractivity contribution is -0.152. The monoisotopic (exact) mass is 532 g/mol. The van der Waals surface area contributed by atoms with Gasteiger partial charge in [-0.2, -0.15) is 0 Å². The molecule has 0 radical (unpaired) electrons. The molecule has 0 bridgehead atoms. The van der Waals surface area contributed by atoms with Gasteiger partial charge in [-0.25, -0.2) is 0 Å². The van der Waals surface area contributed by atoms with Gasteiger partial charge in [-0.05, 0) is 5.54 Å². The fraction of sp³-hybridized carbons (Fsp3) is 0.345. The van der Waals surface area contributed by atoms with Gasteiger partial charge in [-0.1, -0.05) is 49.8 Å². The van der Waals surface area contributed by atoms with E-state index < -0.39 is 48.7 Å². The van der Waals surface area contributed by atoms with E-state index in [1.54, 1.807) is 12.1 Å². The third kappa shape index (κ3) is 4.45. The molecule has 8 nitrogen and oxygen atoms in total. The minimum absolute atomic E-state index is 0.0351. The summed E-state index contributed by atoms with van der Waals surface area (Å²) in [7, 11) is -2.28. The van der Waals surface area contributed by atoms with Crippen LogP contribution in [0.15, 0.2) is 24.3 Å². The van der Waals surface area contributed by atoms with Gasteiger partial charge in [0.15, 0.2) is 17.2 Å². The summed E-state index contributed by atoms with van der Waals surface area (Å²) < 4.78 is 17.1. The van der Waals surface area contributed by atoms with Crippen LogP contribution in [0.2, 0.25) is 19.6 Å². The van der Waals surface area contributed by atoms with Gasteiger partial charge in [-0.15, -0.1) is 6.42 Å². The van der Waals surface area contributed by atoms with Gasteiger partial charge in [0.2, 0.25) is 0 Å². The van der Waals surface area contributed by atoms with Crippen molar-refractivity contribution in [1.29, 1.82) is 0 Å². The Hall–Kier alpha value is -4.03. The molecule has 2 unspecified atom stereocenters. The van der Waals surface area contributed by atoms with Crippen molar-refractivity contribution in [2.45, 2.75) is 64.4 Å². The minimum Gasteiger partial charge on any atom is -0.446 e. The van der Waals surface area contributed by atoms with Crippen molar-refractivity contribution >= 4 is 37.5 Å². The van der Waals surface area contributed by atoms with Crippen LogP contribution < -0.4 is 9.47 Å². The summed E-state index contributed by atoms with van der Waals surface area (Å²) in [5.41, 5.74) is -1.01. The average molecular weight is 533 g/mol. The van der Waals surface area contributed by atoms with Crippen LogP contribution in [0.25, 0.3) is 0 Å². The zero-order chi connectivity index (χ0) is 28.2. The van der Waals surface area contributed by atoms with Gasteiger partial charge in [-0.3, -0.25) is 24.0 Å². The Kier molecular flexibility index (Phi) is 6.66. The van der Waals surface area contributed by atoms with E-state index in [1.165, 1.54) is 32.9 Å². The van der Waals surface area contributed by atoms with Crippen molar-refractivity contribution < 1.29 is 38.2 Å².